The maximum absolute atomic E-state index is 12.7. The van der Waals surface area contributed by atoms with Crippen molar-refractivity contribution in [1.29, 1.82) is 0 Å². The Labute approximate surface area is 194 Å². The SMILES string of the molecule is CC(C)CSc1nnc(NC(=O)C2CCN(S(=O)(=O)Cc3ccc(Br)cc3)CC2)s1. The quantitative estimate of drug-likeness (QED) is 0.404. The van der Waals surface area contributed by atoms with Gasteiger partial charge in [0.1, 0.15) is 0 Å². The fourth-order valence-corrected chi connectivity index (χ4v) is 6.60. The monoisotopic (exact) mass is 532 g/mol. The summed E-state index contributed by atoms with van der Waals surface area (Å²) in [5.41, 5.74) is 0.750. The van der Waals surface area contributed by atoms with Crippen molar-refractivity contribution in [3.8, 4) is 0 Å². The minimum absolute atomic E-state index is 0.0290. The summed E-state index contributed by atoms with van der Waals surface area (Å²) in [6, 6.07) is 7.28. The zero-order valence-electron chi connectivity index (χ0n) is 16.9. The first-order valence-corrected chi connectivity index (χ1v) is 13.9. The molecule has 164 valence electrons. The fraction of sp³-hybridized carbons (Fsp3) is 0.526. The van der Waals surface area contributed by atoms with Crippen molar-refractivity contribution in [3.05, 3.63) is 34.3 Å². The van der Waals surface area contributed by atoms with Gasteiger partial charge in [-0.2, -0.15) is 0 Å². The van der Waals surface area contributed by atoms with E-state index in [-0.39, 0.29) is 17.6 Å². The first-order chi connectivity index (χ1) is 14.2. The number of anilines is 1. The third kappa shape index (κ3) is 6.74. The van der Waals surface area contributed by atoms with E-state index in [2.05, 4.69) is 45.3 Å². The zero-order valence-corrected chi connectivity index (χ0v) is 20.9. The molecule has 0 bridgehead atoms. The number of hydrogen-bond donors (Lipinski definition) is 1. The molecule has 1 aliphatic heterocycles. The molecule has 0 spiro atoms. The van der Waals surface area contributed by atoms with Crippen LogP contribution in [-0.4, -0.2) is 47.7 Å². The van der Waals surface area contributed by atoms with Crippen LogP contribution in [0.1, 0.15) is 32.3 Å². The van der Waals surface area contributed by atoms with Crippen molar-refractivity contribution in [3.63, 3.8) is 0 Å². The maximum atomic E-state index is 12.7. The van der Waals surface area contributed by atoms with Crippen molar-refractivity contribution < 1.29 is 13.2 Å². The lowest BCUT2D eigenvalue weighted by atomic mass is 9.97. The number of thioether (sulfide) groups is 1. The summed E-state index contributed by atoms with van der Waals surface area (Å²) in [5, 5.41) is 11.5. The number of hydrogen-bond acceptors (Lipinski definition) is 7. The van der Waals surface area contributed by atoms with Gasteiger partial charge in [-0.05, 0) is 36.5 Å². The molecular formula is C19H25BrN4O3S3. The average Bonchev–Trinajstić information content (AvgIpc) is 3.15. The molecule has 30 heavy (non-hydrogen) atoms. The molecule has 7 nitrogen and oxygen atoms in total. The molecule has 1 aromatic heterocycles. The normalized spacial score (nSPS) is 16.1. The van der Waals surface area contributed by atoms with E-state index >= 15 is 0 Å². The van der Waals surface area contributed by atoms with Gasteiger partial charge in [-0.15, -0.1) is 10.2 Å². The van der Waals surface area contributed by atoms with Crippen molar-refractivity contribution in [2.45, 2.75) is 36.8 Å². The lowest BCUT2D eigenvalue weighted by molar-refractivity contribution is -0.120. The van der Waals surface area contributed by atoms with Crippen molar-refractivity contribution in [1.82, 2.24) is 14.5 Å². The van der Waals surface area contributed by atoms with Crippen LogP contribution in [0.3, 0.4) is 0 Å². The molecule has 2 heterocycles. The molecule has 2 aromatic rings. The minimum atomic E-state index is -3.40. The second-order valence-corrected chi connectivity index (χ2v) is 12.8. The molecule has 3 rings (SSSR count). The number of halogens is 1. The molecule has 0 saturated carbocycles. The van der Waals surface area contributed by atoms with E-state index in [1.54, 1.807) is 23.9 Å². The van der Waals surface area contributed by atoms with Crippen molar-refractivity contribution in [2.24, 2.45) is 11.8 Å². The number of nitrogens with zero attached hydrogens (tertiary/aromatic N) is 3. The second kappa shape index (κ2) is 10.5. The van der Waals surface area contributed by atoms with Gasteiger partial charge in [-0.25, -0.2) is 12.7 Å². The highest BCUT2D eigenvalue weighted by Crippen LogP contribution is 2.28. The lowest BCUT2D eigenvalue weighted by Crippen LogP contribution is -2.41. The number of sulfonamides is 1. The van der Waals surface area contributed by atoms with Crippen LogP contribution in [0.25, 0.3) is 0 Å². The molecule has 0 atom stereocenters. The Morgan fingerprint density at radius 3 is 2.57 bits per heavy atom. The lowest BCUT2D eigenvalue weighted by Gasteiger charge is -2.30. The number of aromatic nitrogens is 2. The second-order valence-electron chi connectivity index (χ2n) is 7.62. The first-order valence-electron chi connectivity index (χ1n) is 9.72. The minimum Gasteiger partial charge on any atom is -0.300 e. The van der Waals surface area contributed by atoms with Gasteiger partial charge in [0.25, 0.3) is 0 Å². The van der Waals surface area contributed by atoms with E-state index in [0.29, 0.717) is 37.0 Å². The highest BCUT2D eigenvalue weighted by molar-refractivity contribution is 9.10. The average molecular weight is 534 g/mol. The summed E-state index contributed by atoms with van der Waals surface area (Å²) in [4.78, 5) is 12.6. The molecule has 0 radical (unpaired) electrons. The van der Waals surface area contributed by atoms with Gasteiger partial charge < -0.3 is 5.32 Å². The van der Waals surface area contributed by atoms with Crippen LogP contribution in [0.5, 0.6) is 0 Å². The molecule has 1 aromatic carbocycles. The molecule has 1 fully saturated rings. The van der Waals surface area contributed by atoms with Crippen molar-refractivity contribution >= 4 is 60.1 Å². The predicted octanol–water partition coefficient (Wildman–Crippen LogP) is 4.23. The van der Waals surface area contributed by atoms with Gasteiger partial charge in [-0.1, -0.05) is 65.0 Å². The van der Waals surface area contributed by atoms with E-state index in [1.807, 2.05) is 12.1 Å². The summed E-state index contributed by atoms with van der Waals surface area (Å²) in [6.45, 7) is 4.98. The molecule has 1 aliphatic rings. The summed E-state index contributed by atoms with van der Waals surface area (Å²) in [6.07, 6.45) is 0.998. The van der Waals surface area contributed by atoms with Gasteiger partial charge in [0, 0.05) is 29.2 Å². The Kier molecular flexibility index (Phi) is 8.31. The largest absolute Gasteiger partial charge is 0.300 e. The number of amides is 1. The number of benzene rings is 1. The van der Waals surface area contributed by atoms with E-state index in [0.717, 1.165) is 20.1 Å². The first kappa shape index (κ1) is 23.6. The van der Waals surface area contributed by atoms with Crippen LogP contribution >= 0.6 is 39.0 Å². The van der Waals surface area contributed by atoms with Gasteiger partial charge in [0.05, 0.1) is 5.75 Å². The van der Waals surface area contributed by atoms with Crippen LogP contribution < -0.4 is 5.32 Å². The third-order valence-corrected chi connectivity index (χ3v) is 9.43. The summed E-state index contributed by atoms with van der Waals surface area (Å²) < 4.78 is 28.7. The van der Waals surface area contributed by atoms with Crippen LogP contribution in [0, 0.1) is 11.8 Å². The van der Waals surface area contributed by atoms with Gasteiger partial charge in [0.15, 0.2) is 4.34 Å². The maximum Gasteiger partial charge on any atom is 0.229 e. The molecule has 1 amide bonds. The summed E-state index contributed by atoms with van der Waals surface area (Å²) >= 11 is 6.36. The summed E-state index contributed by atoms with van der Waals surface area (Å²) in [7, 11) is -3.40. The highest BCUT2D eigenvalue weighted by atomic mass is 79.9. The van der Waals surface area contributed by atoms with Gasteiger partial charge in [-0.3, -0.25) is 4.79 Å². The van der Waals surface area contributed by atoms with E-state index < -0.39 is 10.0 Å². The Hall–Kier alpha value is -1.01. The molecule has 1 saturated heterocycles. The van der Waals surface area contributed by atoms with Crippen LogP contribution in [0.2, 0.25) is 0 Å². The molecule has 0 unspecified atom stereocenters. The topological polar surface area (TPSA) is 92.3 Å². The number of rotatable bonds is 8. The van der Waals surface area contributed by atoms with Crippen LogP contribution in [-0.2, 0) is 20.6 Å². The Morgan fingerprint density at radius 2 is 1.93 bits per heavy atom. The van der Waals surface area contributed by atoms with Crippen LogP contribution in [0.15, 0.2) is 33.1 Å². The Balaban J connectivity index is 1.49. The third-order valence-electron chi connectivity index (χ3n) is 4.66. The van der Waals surface area contributed by atoms with Gasteiger partial charge in [0.2, 0.25) is 21.1 Å². The van der Waals surface area contributed by atoms with Crippen LogP contribution in [0.4, 0.5) is 5.13 Å². The zero-order chi connectivity index (χ0) is 21.7. The standard InChI is InChI=1S/C19H25BrN4O3S3/c1-13(2)11-28-19-23-22-18(29-19)21-17(25)15-7-9-24(10-8-15)30(26,27)12-14-3-5-16(20)6-4-14/h3-6,13,15H,7-12H2,1-2H3,(H,21,22,25). The molecule has 1 N–H and O–H groups in total. The van der Waals surface area contributed by atoms with Gasteiger partial charge >= 0.3 is 0 Å². The van der Waals surface area contributed by atoms with Crippen molar-refractivity contribution in [2.75, 3.05) is 24.2 Å². The Morgan fingerprint density at radius 1 is 1.27 bits per heavy atom. The molecule has 11 heteroatoms. The predicted molar refractivity (Wildman–Crippen MR) is 125 cm³/mol. The number of carbonyl (C=O) groups excluding carboxylic acids is 1. The number of piperidine rings is 1. The molecule has 0 aliphatic carbocycles. The molecular weight excluding hydrogens is 508 g/mol. The smallest absolute Gasteiger partial charge is 0.229 e. The Bertz CT molecular complexity index is 956. The summed E-state index contributed by atoms with van der Waals surface area (Å²) in [5.74, 6) is 1.15. The van der Waals surface area contributed by atoms with E-state index in [4.69, 9.17) is 0 Å². The fourth-order valence-electron chi connectivity index (χ4n) is 3.04. The van der Waals surface area contributed by atoms with E-state index in [1.165, 1.54) is 15.6 Å². The van der Waals surface area contributed by atoms with E-state index in [9.17, 15) is 13.2 Å². The number of nitrogens with one attached hydrogen (secondary N) is 1. The number of carbonyl (C=O) groups is 1. The highest BCUT2D eigenvalue weighted by Gasteiger charge is 2.31.